The highest BCUT2D eigenvalue weighted by molar-refractivity contribution is 5.88. The monoisotopic (exact) mass is 279 g/mol. The Morgan fingerprint density at radius 3 is 2.40 bits per heavy atom. The van der Waals surface area contributed by atoms with Crippen LogP contribution >= 0.6 is 0 Å². The number of hydrogen-bond donors (Lipinski definition) is 3. The Balaban J connectivity index is 2.03. The fourth-order valence-electron chi connectivity index (χ4n) is 2.92. The average Bonchev–Trinajstić information content (AvgIpc) is 2.72. The van der Waals surface area contributed by atoms with Crippen LogP contribution in [0.3, 0.4) is 0 Å². The number of hydrogen-bond acceptors (Lipinski definition) is 3. The molecule has 1 heterocycles. The smallest absolute Gasteiger partial charge is 0.326 e. The SMILES string of the molecule is CC1(C)C(C(=O)N[C@@H](Cc2cnc[nH]2)C(=O)O)C1(C)C. The van der Waals surface area contributed by atoms with Gasteiger partial charge in [-0.3, -0.25) is 4.79 Å². The number of nitrogens with zero attached hydrogens (tertiary/aromatic N) is 1. The summed E-state index contributed by atoms with van der Waals surface area (Å²) in [6, 6.07) is -0.935. The second-order valence-corrected chi connectivity index (χ2v) is 6.56. The van der Waals surface area contributed by atoms with Crippen LogP contribution in [0, 0.1) is 16.7 Å². The van der Waals surface area contributed by atoms with Crippen LogP contribution in [0.25, 0.3) is 0 Å². The van der Waals surface area contributed by atoms with Crippen molar-refractivity contribution in [3.05, 3.63) is 18.2 Å². The first-order valence-electron chi connectivity index (χ1n) is 6.68. The maximum atomic E-state index is 12.3. The molecule has 0 spiro atoms. The molecule has 1 aliphatic carbocycles. The van der Waals surface area contributed by atoms with Crippen LogP contribution in [0.4, 0.5) is 0 Å². The fraction of sp³-hybridized carbons (Fsp3) is 0.643. The van der Waals surface area contributed by atoms with E-state index in [1.165, 1.54) is 6.33 Å². The largest absolute Gasteiger partial charge is 0.480 e. The molecule has 20 heavy (non-hydrogen) atoms. The predicted octanol–water partition coefficient (Wildman–Crippen LogP) is 1.20. The quantitative estimate of drug-likeness (QED) is 0.754. The molecule has 0 aromatic carbocycles. The molecule has 1 amide bonds. The zero-order valence-electron chi connectivity index (χ0n) is 12.2. The van der Waals surface area contributed by atoms with Crippen molar-refractivity contribution < 1.29 is 14.7 Å². The number of nitrogens with one attached hydrogen (secondary N) is 2. The lowest BCUT2D eigenvalue weighted by Gasteiger charge is -2.14. The van der Waals surface area contributed by atoms with Gasteiger partial charge in [0.05, 0.1) is 6.33 Å². The third-order valence-electron chi connectivity index (χ3n) is 4.88. The lowest BCUT2D eigenvalue weighted by molar-refractivity contribution is -0.142. The van der Waals surface area contributed by atoms with Gasteiger partial charge in [-0.05, 0) is 10.8 Å². The zero-order chi connectivity index (χ0) is 15.1. The second-order valence-electron chi connectivity index (χ2n) is 6.56. The number of aliphatic carboxylic acids is 1. The first-order valence-corrected chi connectivity index (χ1v) is 6.68. The Kier molecular flexibility index (Phi) is 3.36. The number of aromatic nitrogens is 2. The molecule has 1 saturated carbocycles. The molecule has 0 bridgehead atoms. The summed E-state index contributed by atoms with van der Waals surface area (Å²) in [6.07, 6.45) is 3.25. The highest BCUT2D eigenvalue weighted by Crippen LogP contribution is 2.68. The van der Waals surface area contributed by atoms with E-state index in [0.29, 0.717) is 5.69 Å². The Morgan fingerprint density at radius 2 is 2.00 bits per heavy atom. The van der Waals surface area contributed by atoms with Gasteiger partial charge in [-0.25, -0.2) is 9.78 Å². The summed E-state index contributed by atoms with van der Waals surface area (Å²) in [5.41, 5.74) is 0.481. The molecule has 0 saturated heterocycles. The van der Waals surface area contributed by atoms with E-state index in [4.69, 9.17) is 0 Å². The standard InChI is InChI=1S/C14H21N3O3/c1-13(2)10(14(13,3)4)11(18)17-9(12(19)20)5-8-6-15-7-16-8/h6-7,9-10H,5H2,1-4H3,(H,15,16)(H,17,18)(H,19,20)/t9-/m0/s1. The molecule has 6 nitrogen and oxygen atoms in total. The maximum absolute atomic E-state index is 12.3. The minimum Gasteiger partial charge on any atom is -0.480 e. The highest BCUT2D eigenvalue weighted by atomic mass is 16.4. The van der Waals surface area contributed by atoms with Crippen LogP contribution in [0.1, 0.15) is 33.4 Å². The summed E-state index contributed by atoms with van der Waals surface area (Å²) in [7, 11) is 0. The van der Waals surface area contributed by atoms with E-state index in [-0.39, 0.29) is 29.1 Å². The van der Waals surface area contributed by atoms with E-state index in [9.17, 15) is 14.7 Å². The number of rotatable bonds is 5. The first-order chi connectivity index (χ1) is 9.18. The van der Waals surface area contributed by atoms with Crippen molar-refractivity contribution in [2.24, 2.45) is 16.7 Å². The van der Waals surface area contributed by atoms with Crippen molar-refractivity contribution in [3.8, 4) is 0 Å². The summed E-state index contributed by atoms with van der Waals surface area (Å²) in [6.45, 7) is 8.12. The number of amides is 1. The molecule has 1 aromatic heterocycles. The van der Waals surface area contributed by atoms with Crippen molar-refractivity contribution in [2.45, 2.75) is 40.2 Å². The fourth-order valence-corrected chi connectivity index (χ4v) is 2.92. The van der Waals surface area contributed by atoms with E-state index < -0.39 is 12.0 Å². The Bertz CT molecular complexity index is 506. The molecule has 1 fully saturated rings. The second kappa shape index (κ2) is 4.61. The van der Waals surface area contributed by atoms with Gasteiger partial charge in [0.25, 0.3) is 0 Å². The van der Waals surface area contributed by atoms with Crippen LogP contribution in [-0.4, -0.2) is 33.0 Å². The van der Waals surface area contributed by atoms with Crippen LogP contribution in [0.2, 0.25) is 0 Å². The summed E-state index contributed by atoms with van der Waals surface area (Å²) < 4.78 is 0. The minimum absolute atomic E-state index is 0.103. The number of carbonyl (C=O) groups is 2. The van der Waals surface area contributed by atoms with Gasteiger partial charge in [-0.2, -0.15) is 0 Å². The van der Waals surface area contributed by atoms with E-state index in [0.717, 1.165) is 0 Å². The first kappa shape index (κ1) is 14.6. The molecule has 0 unspecified atom stereocenters. The van der Waals surface area contributed by atoms with Gasteiger partial charge < -0.3 is 15.4 Å². The molecular weight excluding hydrogens is 258 g/mol. The molecule has 1 aliphatic rings. The molecule has 6 heteroatoms. The van der Waals surface area contributed by atoms with Crippen molar-refractivity contribution >= 4 is 11.9 Å². The van der Waals surface area contributed by atoms with Crippen LogP contribution in [0.5, 0.6) is 0 Å². The van der Waals surface area contributed by atoms with Crippen molar-refractivity contribution in [1.82, 2.24) is 15.3 Å². The third-order valence-corrected chi connectivity index (χ3v) is 4.88. The average molecular weight is 279 g/mol. The summed E-state index contributed by atoms with van der Waals surface area (Å²) in [5.74, 6) is -1.38. The lowest BCUT2D eigenvalue weighted by atomic mass is 10.0. The Morgan fingerprint density at radius 1 is 1.40 bits per heavy atom. The molecular formula is C14H21N3O3. The highest BCUT2D eigenvalue weighted by Gasteiger charge is 2.68. The molecule has 1 aromatic rings. The number of aromatic amines is 1. The summed E-state index contributed by atoms with van der Waals surface area (Å²) >= 11 is 0. The van der Waals surface area contributed by atoms with Crippen molar-refractivity contribution in [2.75, 3.05) is 0 Å². The minimum atomic E-state index is -1.04. The van der Waals surface area contributed by atoms with Crippen LogP contribution in [-0.2, 0) is 16.0 Å². The summed E-state index contributed by atoms with van der Waals surface area (Å²) in [4.78, 5) is 30.3. The third kappa shape index (κ3) is 2.30. The van der Waals surface area contributed by atoms with Crippen molar-refractivity contribution in [3.63, 3.8) is 0 Å². The molecule has 0 aliphatic heterocycles. The van der Waals surface area contributed by atoms with Gasteiger partial charge in [0.2, 0.25) is 5.91 Å². The number of carbonyl (C=O) groups excluding carboxylic acids is 1. The normalized spacial score (nSPS) is 21.2. The molecule has 2 rings (SSSR count). The van der Waals surface area contributed by atoms with Gasteiger partial charge >= 0.3 is 5.97 Å². The van der Waals surface area contributed by atoms with Crippen LogP contribution in [0.15, 0.2) is 12.5 Å². The van der Waals surface area contributed by atoms with Gasteiger partial charge in [0.15, 0.2) is 0 Å². The number of carboxylic acid groups (broad SMARTS) is 1. The Labute approximate surface area is 118 Å². The molecule has 0 radical (unpaired) electrons. The number of H-pyrrole nitrogens is 1. The van der Waals surface area contributed by atoms with E-state index in [2.05, 4.69) is 15.3 Å². The van der Waals surface area contributed by atoms with E-state index in [1.54, 1.807) is 6.20 Å². The van der Waals surface area contributed by atoms with Gasteiger partial charge in [-0.1, -0.05) is 27.7 Å². The molecule has 1 atom stereocenters. The van der Waals surface area contributed by atoms with E-state index >= 15 is 0 Å². The number of imidazole rings is 1. The van der Waals surface area contributed by atoms with Gasteiger partial charge in [0, 0.05) is 24.2 Å². The van der Waals surface area contributed by atoms with Crippen LogP contribution < -0.4 is 5.32 Å². The van der Waals surface area contributed by atoms with Gasteiger partial charge in [-0.15, -0.1) is 0 Å². The predicted molar refractivity (Wildman–Crippen MR) is 72.9 cm³/mol. The maximum Gasteiger partial charge on any atom is 0.326 e. The topological polar surface area (TPSA) is 95.1 Å². The number of carboxylic acids is 1. The Hall–Kier alpha value is -1.85. The molecule has 3 N–H and O–H groups in total. The molecule has 110 valence electrons. The van der Waals surface area contributed by atoms with Crippen molar-refractivity contribution in [1.29, 1.82) is 0 Å². The van der Waals surface area contributed by atoms with Gasteiger partial charge in [0.1, 0.15) is 6.04 Å². The lowest BCUT2D eigenvalue weighted by Crippen LogP contribution is -2.43. The summed E-state index contributed by atoms with van der Waals surface area (Å²) in [5, 5.41) is 11.9. The van der Waals surface area contributed by atoms with E-state index in [1.807, 2.05) is 27.7 Å². The zero-order valence-corrected chi connectivity index (χ0v) is 12.2.